The van der Waals surface area contributed by atoms with E-state index in [0.717, 1.165) is 70.6 Å². The van der Waals surface area contributed by atoms with E-state index in [4.69, 9.17) is 14.2 Å². The number of allylic oxidation sites excluding steroid dienone is 10. The van der Waals surface area contributed by atoms with E-state index in [1.165, 1.54) is 25.7 Å². The maximum atomic E-state index is 12.6. The van der Waals surface area contributed by atoms with Crippen LogP contribution in [0.4, 0.5) is 0 Å². The molecule has 0 bridgehead atoms. The van der Waals surface area contributed by atoms with E-state index < -0.39 is 18.1 Å². The average molecular weight is 688 g/mol. The number of likely N-dealkylation sites (N-methyl/N-ethyl adjacent to an activating group) is 1. The van der Waals surface area contributed by atoms with Gasteiger partial charge in [-0.1, -0.05) is 113 Å². The molecular formula is C41H69NO7. The molecule has 0 aliphatic carbocycles. The molecule has 49 heavy (non-hydrogen) atoms. The third-order valence-corrected chi connectivity index (χ3v) is 7.98. The van der Waals surface area contributed by atoms with Gasteiger partial charge in [0.05, 0.1) is 40.3 Å². The summed E-state index contributed by atoms with van der Waals surface area (Å²) in [7, 11) is 5.37. The van der Waals surface area contributed by atoms with Crippen LogP contribution in [0.3, 0.4) is 0 Å². The summed E-state index contributed by atoms with van der Waals surface area (Å²) in [5, 5.41) is 11.6. The van der Waals surface area contributed by atoms with Crippen molar-refractivity contribution in [2.24, 2.45) is 0 Å². The Morgan fingerprint density at radius 1 is 0.633 bits per heavy atom. The molecular weight excluding hydrogens is 618 g/mol. The second-order valence-corrected chi connectivity index (χ2v) is 13.5. The summed E-state index contributed by atoms with van der Waals surface area (Å²) < 4.78 is 17.0. The lowest BCUT2D eigenvalue weighted by Gasteiger charge is -2.34. The summed E-state index contributed by atoms with van der Waals surface area (Å²) in [4.78, 5) is 36.6. The number of hydrogen-bond acceptors (Lipinski definition) is 7. The minimum absolute atomic E-state index is 0.0217. The van der Waals surface area contributed by atoms with Crippen molar-refractivity contribution >= 4 is 17.9 Å². The van der Waals surface area contributed by atoms with E-state index in [0.29, 0.717) is 12.8 Å². The average Bonchev–Trinajstić information content (AvgIpc) is 3.05. The smallest absolute Gasteiger partial charge is 0.306 e. The Bertz CT molecular complexity index is 990. The molecule has 0 rings (SSSR count). The molecule has 0 saturated carbocycles. The van der Waals surface area contributed by atoms with Gasteiger partial charge < -0.3 is 28.6 Å². The van der Waals surface area contributed by atoms with Crippen molar-refractivity contribution in [2.45, 2.75) is 142 Å². The van der Waals surface area contributed by atoms with Gasteiger partial charge in [0.25, 0.3) is 0 Å². The minimum Gasteiger partial charge on any atom is -0.544 e. The molecule has 0 amide bonds. The Morgan fingerprint density at radius 3 is 1.78 bits per heavy atom. The second kappa shape index (κ2) is 32.2. The number of rotatable bonds is 32. The van der Waals surface area contributed by atoms with Crippen LogP contribution in [0.25, 0.3) is 0 Å². The van der Waals surface area contributed by atoms with Crippen molar-refractivity contribution in [3.63, 3.8) is 0 Å². The van der Waals surface area contributed by atoms with Crippen LogP contribution in [0.5, 0.6) is 0 Å². The van der Waals surface area contributed by atoms with Crippen molar-refractivity contribution in [3.05, 3.63) is 60.8 Å². The summed E-state index contributed by atoms with van der Waals surface area (Å²) in [6.07, 6.45) is 36.7. The summed E-state index contributed by atoms with van der Waals surface area (Å²) in [6.45, 7) is 4.41. The van der Waals surface area contributed by atoms with Crippen LogP contribution in [0.1, 0.15) is 129 Å². The Balaban J connectivity index is 4.53. The maximum Gasteiger partial charge on any atom is 0.306 e. The Hall–Kier alpha value is -2.97. The number of carbonyl (C=O) groups excluding carboxylic acids is 3. The van der Waals surface area contributed by atoms with Gasteiger partial charge in [-0.15, -0.1) is 0 Å². The Kier molecular flexibility index (Phi) is 30.3. The number of carboxylic acid groups (broad SMARTS) is 1. The van der Waals surface area contributed by atoms with E-state index >= 15 is 0 Å². The van der Waals surface area contributed by atoms with Crippen LogP contribution in [-0.4, -0.2) is 75.5 Å². The highest BCUT2D eigenvalue weighted by atomic mass is 16.6. The van der Waals surface area contributed by atoms with E-state index in [1.54, 1.807) is 21.1 Å². The predicted molar refractivity (Wildman–Crippen MR) is 199 cm³/mol. The topological polar surface area (TPSA) is 102 Å². The van der Waals surface area contributed by atoms with Gasteiger partial charge >= 0.3 is 11.9 Å². The number of hydrogen-bond donors (Lipinski definition) is 0. The Morgan fingerprint density at radius 2 is 1.16 bits per heavy atom. The lowest BCUT2D eigenvalue weighted by Crippen LogP contribution is -2.55. The van der Waals surface area contributed by atoms with Gasteiger partial charge in [-0.2, -0.15) is 0 Å². The van der Waals surface area contributed by atoms with E-state index in [2.05, 4.69) is 38.2 Å². The first kappa shape index (κ1) is 46.0. The zero-order chi connectivity index (χ0) is 36.4. The first-order chi connectivity index (χ1) is 23.6. The highest BCUT2D eigenvalue weighted by molar-refractivity contribution is 5.70. The van der Waals surface area contributed by atoms with Gasteiger partial charge in [-0.25, -0.2) is 0 Å². The molecule has 2 atom stereocenters. The molecule has 280 valence electrons. The summed E-state index contributed by atoms with van der Waals surface area (Å²) in [5.74, 6) is -1.81. The molecule has 8 heteroatoms. The van der Waals surface area contributed by atoms with Crippen molar-refractivity contribution in [2.75, 3.05) is 41.0 Å². The zero-order valence-corrected chi connectivity index (χ0v) is 31.6. The first-order valence-electron chi connectivity index (χ1n) is 18.9. The number of nitrogens with zero attached hydrogens (tertiary/aromatic N) is 1. The fraction of sp³-hybridized carbons (Fsp3) is 0.683. The fourth-order valence-corrected chi connectivity index (χ4v) is 5.01. The quantitative estimate of drug-likeness (QED) is 0.0231. The van der Waals surface area contributed by atoms with Gasteiger partial charge in [0.2, 0.25) is 0 Å². The summed E-state index contributed by atoms with van der Waals surface area (Å²) >= 11 is 0. The van der Waals surface area contributed by atoms with Crippen LogP contribution in [0, 0.1) is 0 Å². The molecule has 0 aliphatic rings. The highest BCUT2D eigenvalue weighted by Gasteiger charge is 2.25. The molecule has 0 radical (unpaired) electrons. The highest BCUT2D eigenvalue weighted by Crippen LogP contribution is 2.12. The molecule has 0 saturated heterocycles. The molecule has 0 aromatic heterocycles. The van der Waals surface area contributed by atoms with Crippen molar-refractivity contribution in [1.82, 2.24) is 0 Å². The Labute approximate surface area is 298 Å². The van der Waals surface area contributed by atoms with Crippen LogP contribution in [0.2, 0.25) is 0 Å². The van der Waals surface area contributed by atoms with Gasteiger partial charge in [0.15, 0.2) is 6.10 Å². The van der Waals surface area contributed by atoms with E-state index in [1.807, 2.05) is 36.5 Å². The first-order valence-corrected chi connectivity index (χ1v) is 18.9. The molecule has 2 unspecified atom stereocenters. The molecule has 0 fully saturated rings. The number of quaternary nitrogens is 1. The van der Waals surface area contributed by atoms with E-state index in [-0.39, 0.29) is 42.7 Å². The van der Waals surface area contributed by atoms with Crippen LogP contribution >= 0.6 is 0 Å². The minimum atomic E-state index is -1.14. The maximum absolute atomic E-state index is 12.6. The third kappa shape index (κ3) is 30.8. The normalized spacial score (nSPS) is 13.7. The van der Waals surface area contributed by atoms with Crippen molar-refractivity contribution in [3.8, 4) is 0 Å². The van der Waals surface area contributed by atoms with Gasteiger partial charge in [-0.05, 0) is 57.8 Å². The zero-order valence-electron chi connectivity index (χ0n) is 31.6. The largest absolute Gasteiger partial charge is 0.544 e. The molecule has 0 aliphatic heterocycles. The molecule has 0 N–H and O–H groups in total. The number of unbranched alkanes of at least 4 members (excludes halogenated alkanes) is 11. The van der Waals surface area contributed by atoms with Gasteiger partial charge in [0, 0.05) is 19.3 Å². The van der Waals surface area contributed by atoms with Crippen LogP contribution in [-0.2, 0) is 28.6 Å². The molecule has 0 spiro atoms. The lowest BCUT2D eigenvalue weighted by molar-refractivity contribution is -0.889. The standard InChI is InChI=1S/C41H69NO7/c1-6-8-10-12-14-16-18-20-22-23-25-27-29-31-39(43)48-36-37(35-47-34-33-38(41(45)46)42(3,4)5)49-40(44)32-30-28-26-24-21-19-17-15-13-11-9-7-2/h8,10,12,14-18,20,22,37-38H,6-7,9,11,13,19,21,23-36H2,1-5H3/b10-8+,14-12+,17-15+,18-16+,22-20+. The number of carboxylic acids is 1. The number of ether oxygens (including phenoxy) is 3. The second-order valence-electron chi connectivity index (χ2n) is 13.5. The molecule has 8 nitrogen and oxygen atoms in total. The predicted octanol–water partition coefficient (Wildman–Crippen LogP) is 8.13. The number of aliphatic carboxylic acids is 1. The van der Waals surface area contributed by atoms with Crippen molar-refractivity contribution in [1.29, 1.82) is 0 Å². The van der Waals surface area contributed by atoms with E-state index in [9.17, 15) is 19.5 Å². The number of esters is 2. The van der Waals surface area contributed by atoms with Gasteiger partial charge in [-0.3, -0.25) is 9.59 Å². The van der Waals surface area contributed by atoms with Crippen LogP contribution < -0.4 is 5.11 Å². The molecule has 0 aromatic rings. The van der Waals surface area contributed by atoms with Crippen LogP contribution in [0.15, 0.2) is 60.8 Å². The van der Waals surface area contributed by atoms with Gasteiger partial charge in [0.1, 0.15) is 12.6 Å². The fourth-order valence-electron chi connectivity index (χ4n) is 5.01. The molecule has 0 aromatic carbocycles. The third-order valence-electron chi connectivity index (χ3n) is 7.98. The molecule has 0 heterocycles. The summed E-state index contributed by atoms with van der Waals surface area (Å²) in [5.41, 5.74) is 0. The number of carbonyl (C=O) groups is 3. The van der Waals surface area contributed by atoms with Crippen molar-refractivity contribution < 1.29 is 38.2 Å². The summed E-state index contributed by atoms with van der Waals surface area (Å²) in [6, 6.07) is -0.734. The SMILES string of the molecule is CC/C=C/C=C/C=C/C=C/CCCCCC(=O)OCC(COCCC(C(=O)[O-])[N+](C)(C)C)OC(=O)CCCCCCC/C=C/CCCCC. The lowest BCUT2D eigenvalue weighted by atomic mass is 10.1. The monoisotopic (exact) mass is 688 g/mol.